The van der Waals surface area contributed by atoms with Crippen LogP contribution in [0.3, 0.4) is 0 Å². The molecule has 0 unspecified atom stereocenters. The summed E-state index contributed by atoms with van der Waals surface area (Å²) in [6.45, 7) is 2.19. The van der Waals surface area contributed by atoms with Crippen LogP contribution in [0.1, 0.15) is 30.4 Å². The Balaban J connectivity index is 1.43. The number of aromatic nitrogens is 1. The van der Waals surface area contributed by atoms with Crippen molar-refractivity contribution in [2.45, 2.75) is 38.3 Å². The second-order valence-electron chi connectivity index (χ2n) is 8.65. The van der Waals surface area contributed by atoms with Gasteiger partial charge in [0, 0.05) is 45.1 Å². The van der Waals surface area contributed by atoms with Gasteiger partial charge in [-0.3, -0.25) is 14.6 Å². The molecule has 1 aliphatic carbocycles. The fraction of sp³-hybridized carbons (Fsp3) is 0.480. The Kier molecular flexibility index (Phi) is 7.37. The van der Waals surface area contributed by atoms with E-state index >= 15 is 0 Å². The quantitative estimate of drug-likeness (QED) is 0.603. The van der Waals surface area contributed by atoms with Gasteiger partial charge in [0.15, 0.2) is 0 Å². The highest BCUT2D eigenvalue weighted by Crippen LogP contribution is 2.29. The van der Waals surface area contributed by atoms with Gasteiger partial charge in [0.1, 0.15) is 5.75 Å². The first-order valence-electron chi connectivity index (χ1n) is 11.3. The van der Waals surface area contributed by atoms with Crippen LogP contribution in [0.4, 0.5) is 0 Å². The summed E-state index contributed by atoms with van der Waals surface area (Å²) in [6.07, 6.45) is 6.68. The molecule has 2 aromatic rings. The number of methoxy groups -OCH3 is 1. The maximum absolute atomic E-state index is 13.1. The molecule has 1 aromatic carbocycles. The van der Waals surface area contributed by atoms with E-state index in [9.17, 15) is 9.59 Å². The van der Waals surface area contributed by atoms with Gasteiger partial charge in [-0.15, -0.1) is 0 Å². The molecule has 1 atom stereocenters. The van der Waals surface area contributed by atoms with E-state index in [-0.39, 0.29) is 24.5 Å². The van der Waals surface area contributed by atoms with Gasteiger partial charge in [-0.2, -0.15) is 0 Å². The van der Waals surface area contributed by atoms with Crippen LogP contribution in [0.5, 0.6) is 5.75 Å². The van der Waals surface area contributed by atoms with E-state index in [2.05, 4.69) is 4.98 Å². The molecule has 170 valence electrons. The van der Waals surface area contributed by atoms with Gasteiger partial charge in [0.05, 0.1) is 19.8 Å². The molecule has 1 saturated carbocycles. The highest BCUT2D eigenvalue weighted by Gasteiger charge is 2.32. The molecule has 1 saturated heterocycles. The molecular weight excluding hydrogens is 406 g/mol. The number of carbonyl (C=O) groups excluding carboxylic acids is 2. The minimum atomic E-state index is -0.183. The summed E-state index contributed by atoms with van der Waals surface area (Å²) < 4.78 is 11.5. The summed E-state index contributed by atoms with van der Waals surface area (Å²) in [5, 5.41) is 0. The number of aryl methyl sites for hydroxylation is 1. The molecule has 1 aromatic heterocycles. The number of benzene rings is 1. The third kappa shape index (κ3) is 6.29. The van der Waals surface area contributed by atoms with E-state index in [0.29, 0.717) is 45.0 Å². The summed E-state index contributed by atoms with van der Waals surface area (Å²) >= 11 is 0. The number of carbonyl (C=O) groups is 2. The molecule has 0 bridgehead atoms. The van der Waals surface area contributed by atoms with E-state index in [4.69, 9.17) is 9.47 Å². The van der Waals surface area contributed by atoms with E-state index in [1.807, 2.05) is 41.3 Å². The van der Waals surface area contributed by atoms with Crippen molar-refractivity contribution in [1.82, 2.24) is 14.8 Å². The maximum atomic E-state index is 13.1. The maximum Gasteiger partial charge on any atom is 0.242 e. The van der Waals surface area contributed by atoms with Gasteiger partial charge >= 0.3 is 0 Å². The standard InChI is InChI=1S/C25H31N3O4/c1-31-22-4-2-3-21(13-22)14-27-15-23(32-18-20-5-6-20)16-28(17-25(27)30)24(29)8-7-19-9-11-26-12-10-19/h2-4,9-13,20,23H,5-8,14-18H2,1H3/t23-/m1/s1. The molecule has 2 heterocycles. The Labute approximate surface area is 189 Å². The molecule has 1 aliphatic heterocycles. The second-order valence-corrected chi connectivity index (χ2v) is 8.65. The smallest absolute Gasteiger partial charge is 0.242 e. The van der Waals surface area contributed by atoms with E-state index < -0.39 is 0 Å². The minimum absolute atomic E-state index is 0.0154. The summed E-state index contributed by atoms with van der Waals surface area (Å²) in [5.41, 5.74) is 2.06. The van der Waals surface area contributed by atoms with Crippen LogP contribution in [0.25, 0.3) is 0 Å². The number of nitrogens with zero attached hydrogens (tertiary/aromatic N) is 3. The topological polar surface area (TPSA) is 72.0 Å². The van der Waals surface area contributed by atoms with Crippen molar-refractivity contribution in [2.75, 3.05) is 33.4 Å². The van der Waals surface area contributed by atoms with Gasteiger partial charge in [0.25, 0.3) is 0 Å². The van der Waals surface area contributed by atoms with Crippen molar-refractivity contribution >= 4 is 11.8 Å². The zero-order valence-electron chi connectivity index (χ0n) is 18.6. The first kappa shape index (κ1) is 22.3. The molecular formula is C25H31N3O4. The lowest BCUT2D eigenvalue weighted by Gasteiger charge is -2.25. The van der Waals surface area contributed by atoms with Crippen LogP contribution in [-0.4, -0.2) is 66.1 Å². The SMILES string of the molecule is COc1cccc(CN2C[C@@H](OCC3CC3)CN(C(=O)CCc3ccncc3)CC2=O)c1. The number of hydrogen-bond donors (Lipinski definition) is 0. The summed E-state index contributed by atoms with van der Waals surface area (Å²) in [6, 6.07) is 11.6. The Morgan fingerprint density at radius 3 is 2.69 bits per heavy atom. The second kappa shape index (κ2) is 10.6. The van der Waals surface area contributed by atoms with E-state index in [0.717, 1.165) is 16.9 Å². The fourth-order valence-corrected chi connectivity index (χ4v) is 3.93. The lowest BCUT2D eigenvalue weighted by molar-refractivity contribution is -0.139. The molecule has 2 aliphatic rings. The Morgan fingerprint density at radius 2 is 1.94 bits per heavy atom. The van der Waals surface area contributed by atoms with Crippen LogP contribution in [0.2, 0.25) is 0 Å². The average Bonchev–Trinajstić information content (AvgIpc) is 3.66. The lowest BCUT2D eigenvalue weighted by Crippen LogP contribution is -2.39. The summed E-state index contributed by atoms with van der Waals surface area (Å²) in [5.74, 6) is 1.32. The fourth-order valence-electron chi connectivity index (χ4n) is 3.93. The van der Waals surface area contributed by atoms with Gasteiger partial charge < -0.3 is 19.3 Å². The third-order valence-corrected chi connectivity index (χ3v) is 6.03. The summed E-state index contributed by atoms with van der Waals surface area (Å²) in [7, 11) is 1.63. The van der Waals surface area contributed by atoms with Crippen molar-refractivity contribution in [1.29, 1.82) is 0 Å². The van der Waals surface area contributed by atoms with Crippen molar-refractivity contribution in [2.24, 2.45) is 5.92 Å². The molecule has 7 nitrogen and oxygen atoms in total. The largest absolute Gasteiger partial charge is 0.497 e. The third-order valence-electron chi connectivity index (χ3n) is 6.03. The van der Waals surface area contributed by atoms with Crippen molar-refractivity contribution in [3.05, 3.63) is 59.9 Å². The van der Waals surface area contributed by atoms with Gasteiger partial charge in [-0.25, -0.2) is 0 Å². The monoisotopic (exact) mass is 437 g/mol. The summed E-state index contributed by atoms with van der Waals surface area (Å²) in [4.78, 5) is 33.6. The molecule has 2 fully saturated rings. The zero-order chi connectivity index (χ0) is 22.3. The Morgan fingerprint density at radius 1 is 1.12 bits per heavy atom. The van der Waals surface area contributed by atoms with Crippen LogP contribution >= 0.6 is 0 Å². The lowest BCUT2D eigenvalue weighted by atomic mass is 10.1. The first-order chi connectivity index (χ1) is 15.6. The number of amides is 2. The minimum Gasteiger partial charge on any atom is -0.497 e. The normalized spacial score (nSPS) is 19.0. The predicted octanol–water partition coefficient (Wildman–Crippen LogP) is 2.69. The van der Waals surface area contributed by atoms with E-state index in [1.54, 1.807) is 24.4 Å². The molecule has 7 heteroatoms. The highest BCUT2D eigenvalue weighted by atomic mass is 16.5. The molecule has 0 radical (unpaired) electrons. The molecule has 0 spiro atoms. The van der Waals surface area contributed by atoms with Crippen LogP contribution < -0.4 is 4.74 Å². The van der Waals surface area contributed by atoms with Crippen molar-refractivity contribution in [3.8, 4) is 5.75 Å². The zero-order valence-corrected chi connectivity index (χ0v) is 18.6. The van der Waals surface area contributed by atoms with Gasteiger partial charge in [0.2, 0.25) is 11.8 Å². The number of pyridine rings is 1. The predicted molar refractivity (Wildman–Crippen MR) is 120 cm³/mol. The highest BCUT2D eigenvalue weighted by molar-refractivity contribution is 5.85. The molecule has 2 amide bonds. The number of hydrogen-bond acceptors (Lipinski definition) is 5. The molecule has 4 rings (SSSR count). The van der Waals surface area contributed by atoms with Crippen LogP contribution in [0.15, 0.2) is 48.8 Å². The molecule has 0 N–H and O–H groups in total. The van der Waals surface area contributed by atoms with Crippen molar-refractivity contribution in [3.63, 3.8) is 0 Å². The number of rotatable bonds is 9. The van der Waals surface area contributed by atoms with Crippen LogP contribution in [-0.2, 0) is 27.3 Å². The van der Waals surface area contributed by atoms with E-state index in [1.165, 1.54) is 12.8 Å². The molecule has 32 heavy (non-hydrogen) atoms. The van der Waals surface area contributed by atoms with Gasteiger partial charge in [-0.1, -0.05) is 12.1 Å². The number of ether oxygens (including phenoxy) is 2. The van der Waals surface area contributed by atoms with Gasteiger partial charge in [-0.05, 0) is 60.6 Å². The Bertz CT molecular complexity index is 916. The first-order valence-corrected chi connectivity index (χ1v) is 11.3. The average molecular weight is 438 g/mol. The van der Waals surface area contributed by atoms with Crippen molar-refractivity contribution < 1.29 is 19.1 Å². The Hall–Kier alpha value is -2.93. The van der Waals surface area contributed by atoms with Crippen LogP contribution in [0, 0.1) is 5.92 Å².